The molecule has 0 spiro atoms. The van der Waals surface area contributed by atoms with E-state index in [9.17, 15) is 15.2 Å². The molecular formula is C18H12BrN3O3. The molecule has 0 unspecified atom stereocenters. The molecule has 0 fully saturated rings. The second-order valence-electron chi connectivity index (χ2n) is 5.12. The van der Waals surface area contributed by atoms with Gasteiger partial charge in [-0.2, -0.15) is 5.26 Å². The SMILES string of the molecule is N#C/C(=C(/O)COC(=O)c1ccc(Br)cc1)c1nc2ccccc2[nH]1. The number of halogens is 1. The maximum absolute atomic E-state index is 12.0. The van der Waals surface area contributed by atoms with Crippen LogP contribution in [0.25, 0.3) is 16.6 Å². The number of allylic oxidation sites excluding steroid dienone is 1. The zero-order chi connectivity index (χ0) is 17.8. The molecule has 2 N–H and O–H groups in total. The van der Waals surface area contributed by atoms with E-state index >= 15 is 0 Å². The van der Waals surface area contributed by atoms with Crippen molar-refractivity contribution in [1.29, 1.82) is 5.26 Å². The number of ether oxygens (including phenoxy) is 1. The highest BCUT2D eigenvalue weighted by Crippen LogP contribution is 2.19. The number of hydrogen-bond donors (Lipinski definition) is 2. The standard InChI is InChI=1S/C18H12BrN3O3/c19-12-7-5-11(6-8-12)18(24)25-10-16(23)13(9-20)17-21-14-3-1-2-4-15(14)22-17/h1-8,23H,10H2,(H,21,22)/b16-13-. The fourth-order valence-corrected chi connectivity index (χ4v) is 2.47. The van der Waals surface area contributed by atoms with Crippen molar-refractivity contribution >= 4 is 38.5 Å². The Labute approximate surface area is 151 Å². The number of aromatic nitrogens is 2. The number of carbonyl (C=O) groups excluding carboxylic acids is 1. The first-order valence-corrected chi connectivity index (χ1v) is 8.08. The normalized spacial score (nSPS) is 11.7. The molecule has 0 aliphatic carbocycles. The second-order valence-corrected chi connectivity index (χ2v) is 6.03. The van der Waals surface area contributed by atoms with Crippen LogP contribution in [-0.4, -0.2) is 27.7 Å². The third-order valence-corrected chi connectivity index (χ3v) is 3.98. The van der Waals surface area contributed by atoms with Gasteiger partial charge in [0.25, 0.3) is 0 Å². The number of aliphatic hydroxyl groups is 1. The van der Waals surface area contributed by atoms with Gasteiger partial charge in [0.1, 0.15) is 18.2 Å². The molecule has 25 heavy (non-hydrogen) atoms. The molecule has 0 aliphatic heterocycles. The molecule has 2 aromatic carbocycles. The summed E-state index contributed by atoms with van der Waals surface area (Å²) in [6, 6.07) is 15.8. The van der Waals surface area contributed by atoms with Gasteiger partial charge in [-0.05, 0) is 36.4 Å². The summed E-state index contributed by atoms with van der Waals surface area (Å²) < 4.78 is 5.89. The van der Waals surface area contributed by atoms with Crippen LogP contribution in [0.1, 0.15) is 16.2 Å². The topological polar surface area (TPSA) is 99.0 Å². The van der Waals surface area contributed by atoms with Crippen molar-refractivity contribution in [3.63, 3.8) is 0 Å². The number of esters is 1. The van der Waals surface area contributed by atoms with E-state index in [-0.39, 0.29) is 17.2 Å². The molecule has 124 valence electrons. The highest BCUT2D eigenvalue weighted by atomic mass is 79.9. The number of rotatable bonds is 4. The summed E-state index contributed by atoms with van der Waals surface area (Å²) >= 11 is 3.28. The average molecular weight is 398 g/mol. The van der Waals surface area contributed by atoms with Crippen LogP contribution in [0.15, 0.2) is 58.8 Å². The monoisotopic (exact) mass is 397 g/mol. The van der Waals surface area contributed by atoms with Crippen molar-refractivity contribution < 1.29 is 14.6 Å². The van der Waals surface area contributed by atoms with Gasteiger partial charge in [-0.1, -0.05) is 28.1 Å². The summed E-state index contributed by atoms with van der Waals surface area (Å²) in [5.74, 6) is -0.742. The van der Waals surface area contributed by atoms with Gasteiger partial charge < -0.3 is 14.8 Å². The van der Waals surface area contributed by atoms with Crippen molar-refractivity contribution in [2.75, 3.05) is 6.61 Å². The van der Waals surface area contributed by atoms with E-state index in [4.69, 9.17) is 4.74 Å². The average Bonchev–Trinajstić information content (AvgIpc) is 3.04. The number of imidazole rings is 1. The minimum Gasteiger partial charge on any atom is -0.507 e. The Morgan fingerprint density at radius 1 is 1.24 bits per heavy atom. The Kier molecular flexibility index (Phi) is 4.82. The van der Waals surface area contributed by atoms with E-state index in [1.807, 2.05) is 24.3 Å². The molecule has 0 aliphatic rings. The number of H-pyrrole nitrogens is 1. The van der Waals surface area contributed by atoms with E-state index in [0.29, 0.717) is 11.1 Å². The number of nitrogens with one attached hydrogen (secondary N) is 1. The van der Waals surface area contributed by atoms with Crippen LogP contribution in [0.4, 0.5) is 0 Å². The predicted octanol–water partition coefficient (Wildman–Crippen LogP) is 3.98. The third kappa shape index (κ3) is 3.70. The van der Waals surface area contributed by atoms with Gasteiger partial charge in [0.15, 0.2) is 11.6 Å². The van der Waals surface area contributed by atoms with E-state index < -0.39 is 12.6 Å². The molecule has 7 heteroatoms. The number of aliphatic hydroxyl groups excluding tert-OH is 1. The van der Waals surface area contributed by atoms with Gasteiger partial charge in [0.2, 0.25) is 0 Å². The molecule has 3 aromatic rings. The Morgan fingerprint density at radius 3 is 2.64 bits per heavy atom. The molecule has 0 saturated carbocycles. The lowest BCUT2D eigenvalue weighted by atomic mass is 10.2. The van der Waals surface area contributed by atoms with Crippen LogP contribution in [0.3, 0.4) is 0 Å². The number of hydrogen-bond acceptors (Lipinski definition) is 5. The number of nitrogens with zero attached hydrogens (tertiary/aromatic N) is 2. The number of para-hydroxylation sites is 2. The zero-order valence-corrected chi connectivity index (χ0v) is 14.4. The molecule has 1 heterocycles. The Bertz CT molecular complexity index is 967. The second kappa shape index (κ2) is 7.20. The first kappa shape index (κ1) is 16.7. The van der Waals surface area contributed by atoms with Crippen molar-refractivity contribution in [3.05, 3.63) is 70.2 Å². The maximum Gasteiger partial charge on any atom is 0.338 e. The van der Waals surface area contributed by atoms with Crippen LogP contribution in [0.2, 0.25) is 0 Å². The van der Waals surface area contributed by atoms with Crippen molar-refractivity contribution in [2.24, 2.45) is 0 Å². The number of benzene rings is 2. The highest BCUT2D eigenvalue weighted by Gasteiger charge is 2.15. The number of aromatic amines is 1. The molecule has 1 aromatic heterocycles. The fraction of sp³-hybridized carbons (Fsp3) is 0.0556. The molecule has 3 rings (SSSR count). The smallest absolute Gasteiger partial charge is 0.338 e. The van der Waals surface area contributed by atoms with E-state index in [1.54, 1.807) is 30.3 Å². The molecule has 0 atom stereocenters. The minimum atomic E-state index is -0.596. The largest absolute Gasteiger partial charge is 0.507 e. The summed E-state index contributed by atoms with van der Waals surface area (Å²) in [4.78, 5) is 19.2. The third-order valence-electron chi connectivity index (χ3n) is 3.45. The summed E-state index contributed by atoms with van der Waals surface area (Å²) in [6.45, 7) is -0.422. The summed E-state index contributed by atoms with van der Waals surface area (Å²) in [7, 11) is 0. The molecule has 0 saturated heterocycles. The summed E-state index contributed by atoms with van der Waals surface area (Å²) in [5.41, 5.74) is 1.69. The van der Waals surface area contributed by atoms with E-state index in [1.165, 1.54) is 0 Å². The highest BCUT2D eigenvalue weighted by molar-refractivity contribution is 9.10. The van der Waals surface area contributed by atoms with E-state index in [0.717, 1.165) is 9.99 Å². The van der Waals surface area contributed by atoms with Crippen molar-refractivity contribution in [2.45, 2.75) is 0 Å². The van der Waals surface area contributed by atoms with Crippen molar-refractivity contribution in [3.8, 4) is 6.07 Å². The van der Waals surface area contributed by atoms with Crippen molar-refractivity contribution in [1.82, 2.24) is 9.97 Å². The summed E-state index contributed by atoms with van der Waals surface area (Å²) in [5, 5.41) is 19.5. The first-order chi connectivity index (χ1) is 12.1. The Balaban J connectivity index is 1.78. The predicted molar refractivity (Wildman–Crippen MR) is 95.7 cm³/mol. The van der Waals surface area contributed by atoms with Gasteiger partial charge in [-0.15, -0.1) is 0 Å². The Morgan fingerprint density at radius 2 is 1.96 bits per heavy atom. The molecule has 0 amide bonds. The minimum absolute atomic E-state index is 0.0696. The molecular weight excluding hydrogens is 386 g/mol. The van der Waals surface area contributed by atoms with Gasteiger partial charge in [0, 0.05) is 4.47 Å². The number of carbonyl (C=O) groups is 1. The number of fused-ring (bicyclic) bond motifs is 1. The van der Waals surface area contributed by atoms with Gasteiger partial charge >= 0.3 is 5.97 Å². The van der Waals surface area contributed by atoms with Gasteiger partial charge in [0.05, 0.1) is 16.6 Å². The first-order valence-electron chi connectivity index (χ1n) is 7.28. The van der Waals surface area contributed by atoms with Crippen LogP contribution in [0, 0.1) is 11.3 Å². The zero-order valence-electron chi connectivity index (χ0n) is 12.9. The lowest BCUT2D eigenvalue weighted by Crippen LogP contribution is -2.09. The lowest BCUT2D eigenvalue weighted by Gasteiger charge is -2.05. The van der Waals surface area contributed by atoms with Crippen LogP contribution in [0.5, 0.6) is 0 Å². The molecule has 6 nitrogen and oxygen atoms in total. The molecule has 0 bridgehead atoms. The molecule has 0 radical (unpaired) electrons. The van der Waals surface area contributed by atoms with Crippen LogP contribution >= 0.6 is 15.9 Å². The van der Waals surface area contributed by atoms with Crippen LogP contribution < -0.4 is 0 Å². The maximum atomic E-state index is 12.0. The van der Waals surface area contributed by atoms with Crippen LogP contribution in [-0.2, 0) is 4.74 Å². The lowest BCUT2D eigenvalue weighted by molar-refractivity contribution is 0.0503. The fourth-order valence-electron chi connectivity index (χ4n) is 2.20. The van der Waals surface area contributed by atoms with Gasteiger partial charge in [-0.3, -0.25) is 0 Å². The summed E-state index contributed by atoms with van der Waals surface area (Å²) in [6.07, 6.45) is 0. The number of nitriles is 1. The van der Waals surface area contributed by atoms with E-state index in [2.05, 4.69) is 25.9 Å². The Hall–Kier alpha value is -3.11. The van der Waals surface area contributed by atoms with Gasteiger partial charge in [-0.25, -0.2) is 9.78 Å². The quantitative estimate of drug-likeness (QED) is 0.394.